The molecule has 0 aromatic heterocycles. The number of amides is 1. The van der Waals surface area contributed by atoms with Gasteiger partial charge in [-0.3, -0.25) is 4.79 Å². The highest BCUT2D eigenvalue weighted by molar-refractivity contribution is 5.94. The van der Waals surface area contributed by atoms with Crippen molar-refractivity contribution >= 4 is 5.91 Å². The third-order valence-electron chi connectivity index (χ3n) is 3.29. The van der Waals surface area contributed by atoms with Crippen LogP contribution in [-0.4, -0.2) is 30.4 Å². The second kappa shape index (κ2) is 7.17. The predicted octanol–water partition coefficient (Wildman–Crippen LogP) is 2.45. The molecule has 1 atom stereocenters. The Morgan fingerprint density at radius 3 is 2.78 bits per heavy atom. The van der Waals surface area contributed by atoms with Crippen LogP contribution in [0.25, 0.3) is 0 Å². The maximum absolute atomic E-state index is 12.3. The summed E-state index contributed by atoms with van der Waals surface area (Å²) in [4.78, 5) is 14.1. The molecule has 0 fully saturated rings. The monoisotopic (exact) mass is 248 g/mol. The minimum Gasteiger partial charge on any atom is -0.339 e. The Morgan fingerprint density at radius 1 is 1.44 bits per heavy atom. The van der Waals surface area contributed by atoms with E-state index in [9.17, 15) is 4.79 Å². The quantitative estimate of drug-likeness (QED) is 0.840. The van der Waals surface area contributed by atoms with E-state index in [-0.39, 0.29) is 11.9 Å². The molecule has 3 heteroatoms. The van der Waals surface area contributed by atoms with E-state index in [1.54, 1.807) is 0 Å². The number of nitrogens with two attached hydrogens (primary N) is 1. The Bertz CT molecular complexity index is 390. The molecule has 1 aromatic carbocycles. The van der Waals surface area contributed by atoms with Gasteiger partial charge in [0.25, 0.3) is 5.91 Å². The van der Waals surface area contributed by atoms with Gasteiger partial charge in [0.2, 0.25) is 0 Å². The molecule has 0 aliphatic carbocycles. The summed E-state index contributed by atoms with van der Waals surface area (Å²) in [6, 6.07) is 8.04. The fourth-order valence-electron chi connectivity index (χ4n) is 2.04. The van der Waals surface area contributed by atoms with Crippen molar-refractivity contribution < 1.29 is 4.79 Å². The van der Waals surface area contributed by atoms with Crippen molar-refractivity contribution in [1.29, 1.82) is 0 Å². The van der Waals surface area contributed by atoms with Crippen molar-refractivity contribution in [2.75, 3.05) is 13.6 Å². The lowest BCUT2D eigenvalue weighted by Crippen LogP contribution is -2.35. The molecule has 2 N–H and O–H groups in total. The zero-order valence-electron chi connectivity index (χ0n) is 11.6. The van der Waals surface area contributed by atoms with Crippen LogP contribution in [0.15, 0.2) is 24.3 Å². The summed E-state index contributed by atoms with van der Waals surface area (Å²) in [5.41, 5.74) is 7.42. The van der Waals surface area contributed by atoms with Gasteiger partial charge in [-0.2, -0.15) is 0 Å². The molecule has 0 saturated carbocycles. The number of rotatable bonds is 6. The standard InChI is InChI=1S/C15H24N2O/c1-4-6-12(2)17(3)15(18)14-8-5-7-13(11-14)9-10-16/h5,7-8,11-12H,4,6,9-10,16H2,1-3H3. The molecule has 3 nitrogen and oxygen atoms in total. The van der Waals surface area contributed by atoms with Crippen LogP contribution in [0.5, 0.6) is 0 Å². The molecule has 1 unspecified atom stereocenters. The Morgan fingerprint density at radius 2 is 2.17 bits per heavy atom. The molecule has 0 spiro atoms. The van der Waals surface area contributed by atoms with E-state index in [4.69, 9.17) is 5.73 Å². The number of hydrogen-bond donors (Lipinski definition) is 1. The highest BCUT2D eigenvalue weighted by Gasteiger charge is 2.16. The van der Waals surface area contributed by atoms with Gasteiger partial charge in [0, 0.05) is 18.7 Å². The second-order valence-corrected chi connectivity index (χ2v) is 4.79. The number of nitrogens with zero attached hydrogens (tertiary/aromatic N) is 1. The maximum atomic E-state index is 12.3. The molecule has 0 saturated heterocycles. The van der Waals surface area contributed by atoms with E-state index in [2.05, 4.69) is 13.8 Å². The van der Waals surface area contributed by atoms with Gasteiger partial charge >= 0.3 is 0 Å². The van der Waals surface area contributed by atoms with Crippen LogP contribution in [0.2, 0.25) is 0 Å². The molecule has 0 heterocycles. The van der Waals surface area contributed by atoms with Crippen LogP contribution in [0, 0.1) is 0 Å². The van der Waals surface area contributed by atoms with Crippen molar-refractivity contribution in [2.45, 2.75) is 39.2 Å². The largest absolute Gasteiger partial charge is 0.339 e. The molecule has 0 aliphatic rings. The molecule has 18 heavy (non-hydrogen) atoms. The SMILES string of the molecule is CCCC(C)N(C)C(=O)c1cccc(CCN)c1. The van der Waals surface area contributed by atoms with Gasteiger partial charge in [-0.05, 0) is 44.0 Å². The zero-order chi connectivity index (χ0) is 13.5. The molecule has 100 valence electrons. The summed E-state index contributed by atoms with van der Waals surface area (Å²) in [6.45, 7) is 4.83. The van der Waals surface area contributed by atoms with E-state index in [0.29, 0.717) is 6.54 Å². The molecule has 1 amide bonds. The first kappa shape index (κ1) is 14.7. The lowest BCUT2D eigenvalue weighted by Gasteiger charge is -2.24. The summed E-state index contributed by atoms with van der Waals surface area (Å²) in [5, 5.41) is 0. The summed E-state index contributed by atoms with van der Waals surface area (Å²) < 4.78 is 0. The van der Waals surface area contributed by atoms with Crippen LogP contribution in [0.4, 0.5) is 0 Å². The van der Waals surface area contributed by atoms with Crippen LogP contribution in [-0.2, 0) is 6.42 Å². The normalized spacial score (nSPS) is 12.2. The van der Waals surface area contributed by atoms with Gasteiger partial charge in [0.1, 0.15) is 0 Å². The first-order valence-corrected chi connectivity index (χ1v) is 6.66. The summed E-state index contributed by atoms with van der Waals surface area (Å²) in [7, 11) is 1.87. The lowest BCUT2D eigenvalue weighted by atomic mass is 10.1. The molecular formula is C15H24N2O. The van der Waals surface area contributed by atoms with Gasteiger partial charge < -0.3 is 10.6 Å². The molecule has 1 rings (SSSR count). The summed E-state index contributed by atoms with van der Waals surface area (Å²) in [5.74, 6) is 0.0924. The molecule has 0 bridgehead atoms. The Labute approximate surface area is 110 Å². The predicted molar refractivity (Wildman–Crippen MR) is 75.7 cm³/mol. The molecule has 0 radical (unpaired) electrons. The smallest absolute Gasteiger partial charge is 0.253 e. The number of hydrogen-bond acceptors (Lipinski definition) is 2. The minimum absolute atomic E-state index is 0.0924. The number of carbonyl (C=O) groups excluding carboxylic acids is 1. The van der Waals surface area contributed by atoms with E-state index in [0.717, 1.165) is 30.4 Å². The number of carbonyl (C=O) groups is 1. The summed E-state index contributed by atoms with van der Waals surface area (Å²) in [6.07, 6.45) is 2.94. The first-order valence-electron chi connectivity index (χ1n) is 6.66. The van der Waals surface area contributed by atoms with Gasteiger partial charge in [-0.15, -0.1) is 0 Å². The fraction of sp³-hybridized carbons (Fsp3) is 0.533. The van der Waals surface area contributed by atoms with Crippen molar-refractivity contribution in [3.05, 3.63) is 35.4 Å². The average molecular weight is 248 g/mol. The lowest BCUT2D eigenvalue weighted by molar-refractivity contribution is 0.0736. The Balaban J connectivity index is 2.79. The third-order valence-corrected chi connectivity index (χ3v) is 3.29. The van der Waals surface area contributed by atoms with Crippen LogP contribution in [0.3, 0.4) is 0 Å². The minimum atomic E-state index is 0.0924. The van der Waals surface area contributed by atoms with E-state index in [1.165, 1.54) is 0 Å². The molecule has 0 aliphatic heterocycles. The van der Waals surface area contributed by atoms with Crippen LogP contribution in [0.1, 0.15) is 42.6 Å². The molecular weight excluding hydrogens is 224 g/mol. The van der Waals surface area contributed by atoms with E-state index < -0.39 is 0 Å². The van der Waals surface area contributed by atoms with Crippen LogP contribution >= 0.6 is 0 Å². The fourth-order valence-corrected chi connectivity index (χ4v) is 2.04. The zero-order valence-corrected chi connectivity index (χ0v) is 11.6. The maximum Gasteiger partial charge on any atom is 0.253 e. The van der Waals surface area contributed by atoms with Crippen LogP contribution < -0.4 is 5.73 Å². The van der Waals surface area contributed by atoms with Gasteiger partial charge in [0.05, 0.1) is 0 Å². The molecule has 1 aromatic rings. The van der Waals surface area contributed by atoms with E-state index >= 15 is 0 Å². The highest BCUT2D eigenvalue weighted by atomic mass is 16.2. The van der Waals surface area contributed by atoms with Crippen molar-refractivity contribution in [3.8, 4) is 0 Å². The second-order valence-electron chi connectivity index (χ2n) is 4.79. The van der Waals surface area contributed by atoms with Gasteiger partial charge in [-0.1, -0.05) is 25.5 Å². The first-order chi connectivity index (χ1) is 8.60. The van der Waals surface area contributed by atoms with E-state index in [1.807, 2.05) is 36.2 Å². The summed E-state index contributed by atoms with van der Waals surface area (Å²) >= 11 is 0. The topological polar surface area (TPSA) is 46.3 Å². The third kappa shape index (κ3) is 3.84. The van der Waals surface area contributed by atoms with Crippen molar-refractivity contribution in [3.63, 3.8) is 0 Å². The van der Waals surface area contributed by atoms with Crippen molar-refractivity contribution in [1.82, 2.24) is 4.90 Å². The highest BCUT2D eigenvalue weighted by Crippen LogP contribution is 2.12. The van der Waals surface area contributed by atoms with Gasteiger partial charge in [-0.25, -0.2) is 0 Å². The Hall–Kier alpha value is -1.35. The number of benzene rings is 1. The Kier molecular flexibility index (Phi) is 5.86. The van der Waals surface area contributed by atoms with Crippen molar-refractivity contribution in [2.24, 2.45) is 5.73 Å². The average Bonchev–Trinajstić information content (AvgIpc) is 2.38. The van der Waals surface area contributed by atoms with Gasteiger partial charge in [0.15, 0.2) is 0 Å².